The molecule has 43 heavy (non-hydrogen) atoms. The summed E-state index contributed by atoms with van der Waals surface area (Å²) in [7, 11) is 0. The Balaban J connectivity index is 1.59. The van der Waals surface area contributed by atoms with Crippen LogP contribution in [0.1, 0.15) is 42.1 Å². The van der Waals surface area contributed by atoms with E-state index in [1.54, 1.807) is 12.1 Å². The van der Waals surface area contributed by atoms with Crippen molar-refractivity contribution in [1.29, 1.82) is 0 Å². The second kappa shape index (κ2) is 14.5. The van der Waals surface area contributed by atoms with Crippen molar-refractivity contribution in [3.63, 3.8) is 0 Å². The summed E-state index contributed by atoms with van der Waals surface area (Å²) in [6.45, 7) is 4.20. The Morgan fingerprint density at radius 1 is 0.814 bits per heavy atom. The number of unbranched alkanes of at least 4 members (excludes halogenated alkanes) is 1. The number of halogens is 3. The summed E-state index contributed by atoms with van der Waals surface area (Å²) in [4.78, 5) is 7.63. The maximum absolute atomic E-state index is 12.8. The first-order chi connectivity index (χ1) is 20.9. The molecule has 0 saturated carbocycles. The van der Waals surface area contributed by atoms with Crippen LogP contribution in [0.25, 0.3) is 22.6 Å². The normalized spacial score (nSPS) is 11.4. The minimum Gasteiger partial charge on any atom is -0.435 e. The zero-order chi connectivity index (χ0) is 30.2. The van der Waals surface area contributed by atoms with Crippen molar-refractivity contribution < 1.29 is 13.5 Å². The van der Waals surface area contributed by atoms with Gasteiger partial charge < -0.3 is 9.30 Å². The fourth-order valence-corrected chi connectivity index (χ4v) is 5.55. The van der Waals surface area contributed by atoms with Crippen molar-refractivity contribution in [3.05, 3.63) is 131 Å². The first-order valence-corrected chi connectivity index (χ1v) is 15.0. The van der Waals surface area contributed by atoms with E-state index in [4.69, 9.17) is 16.6 Å². The topological polar surface area (TPSA) is 30.3 Å². The lowest BCUT2D eigenvalue weighted by atomic mass is 10.1. The lowest BCUT2D eigenvalue weighted by Crippen LogP contribution is -2.24. The monoisotopic (exact) mass is 599 g/mol. The largest absolute Gasteiger partial charge is 0.435 e. The Bertz CT molecular complexity index is 1620. The van der Waals surface area contributed by atoms with Gasteiger partial charge in [-0.1, -0.05) is 109 Å². The molecule has 0 unspecified atom stereocenters. The van der Waals surface area contributed by atoms with E-state index in [0.717, 1.165) is 53.3 Å². The second-order valence-electron chi connectivity index (χ2n) is 10.8. The van der Waals surface area contributed by atoms with Gasteiger partial charge in [0.1, 0.15) is 11.6 Å². The van der Waals surface area contributed by atoms with Crippen molar-refractivity contribution in [2.45, 2.75) is 59.5 Å². The summed E-state index contributed by atoms with van der Waals surface area (Å²) >= 11 is 6.47. The molecule has 5 aromatic rings. The van der Waals surface area contributed by atoms with Crippen molar-refractivity contribution >= 4 is 11.6 Å². The van der Waals surface area contributed by atoms with E-state index in [-0.39, 0.29) is 5.75 Å². The maximum Gasteiger partial charge on any atom is 0.387 e. The third-order valence-electron chi connectivity index (χ3n) is 7.35. The van der Waals surface area contributed by atoms with Gasteiger partial charge in [0, 0.05) is 42.3 Å². The van der Waals surface area contributed by atoms with Crippen molar-refractivity contribution in [2.75, 3.05) is 0 Å². The molecule has 7 heteroatoms. The SMILES string of the molecule is CCCCn1c(-c2ccccc2)nc(-c2cccc(Cl)c2)c1CN(Cc1ccc(OC(F)F)cc1)Cc1cccc(C)c1. The van der Waals surface area contributed by atoms with Gasteiger partial charge in [-0.3, -0.25) is 4.90 Å². The number of benzene rings is 4. The van der Waals surface area contributed by atoms with Crippen LogP contribution in [0.4, 0.5) is 8.78 Å². The van der Waals surface area contributed by atoms with E-state index in [0.29, 0.717) is 24.7 Å². The molecule has 0 atom stereocenters. The highest BCUT2D eigenvalue weighted by Gasteiger charge is 2.22. The van der Waals surface area contributed by atoms with E-state index in [9.17, 15) is 8.78 Å². The van der Waals surface area contributed by atoms with E-state index in [2.05, 4.69) is 70.5 Å². The molecule has 4 aromatic carbocycles. The number of nitrogens with zero attached hydrogens (tertiary/aromatic N) is 3. The zero-order valence-corrected chi connectivity index (χ0v) is 25.3. The number of ether oxygens (including phenoxy) is 1. The summed E-state index contributed by atoms with van der Waals surface area (Å²) in [5.41, 5.74) is 7.45. The molecular formula is C36H36ClF2N3O. The average molecular weight is 600 g/mol. The van der Waals surface area contributed by atoms with Gasteiger partial charge in [-0.2, -0.15) is 8.78 Å². The van der Waals surface area contributed by atoms with E-state index in [1.807, 2.05) is 48.5 Å². The summed E-state index contributed by atoms with van der Waals surface area (Å²) in [5, 5.41) is 0.663. The molecule has 5 rings (SSSR count). The maximum atomic E-state index is 12.8. The summed E-state index contributed by atoms with van der Waals surface area (Å²) in [5.74, 6) is 1.08. The molecule has 0 aliphatic rings. The van der Waals surface area contributed by atoms with E-state index < -0.39 is 6.61 Å². The summed E-state index contributed by atoms with van der Waals surface area (Å²) in [6.07, 6.45) is 2.07. The molecule has 1 aromatic heterocycles. The Kier molecular flexibility index (Phi) is 10.2. The molecule has 0 N–H and O–H groups in total. The molecule has 0 bridgehead atoms. The Morgan fingerprint density at radius 2 is 1.53 bits per heavy atom. The molecule has 0 aliphatic carbocycles. The van der Waals surface area contributed by atoms with Gasteiger partial charge in [0.15, 0.2) is 0 Å². The quantitative estimate of drug-likeness (QED) is 0.135. The molecular weight excluding hydrogens is 564 g/mol. The van der Waals surface area contributed by atoms with Gasteiger partial charge in [0.25, 0.3) is 0 Å². The van der Waals surface area contributed by atoms with Gasteiger partial charge in [0.2, 0.25) is 0 Å². The number of aromatic nitrogens is 2. The number of aryl methyl sites for hydroxylation is 1. The van der Waals surface area contributed by atoms with E-state index >= 15 is 0 Å². The minimum absolute atomic E-state index is 0.150. The lowest BCUT2D eigenvalue weighted by Gasteiger charge is -2.25. The number of hydrogen-bond acceptors (Lipinski definition) is 3. The first-order valence-electron chi connectivity index (χ1n) is 14.6. The third kappa shape index (κ3) is 8.09. The molecule has 0 fully saturated rings. The number of alkyl halides is 2. The summed E-state index contributed by atoms with van der Waals surface area (Å²) in [6, 6.07) is 33.6. The molecule has 1 heterocycles. The zero-order valence-electron chi connectivity index (χ0n) is 24.5. The van der Waals surface area contributed by atoms with Crippen LogP contribution in [0.5, 0.6) is 5.75 Å². The first kappa shape index (κ1) is 30.5. The number of hydrogen-bond donors (Lipinski definition) is 0. The highest BCUT2D eigenvalue weighted by Crippen LogP contribution is 2.33. The number of imidazole rings is 1. The minimum atomic E-state index is -2.85. The predicted molar refractivity (Wildman–Crippen MR) is 170 cm³/mol. The Labute approximate surface area is 257 Å². The molecule has 0 amide bonds. The molecule has 4 nitrogen and oxygen atoms in total. The van der Waals surface area contributed by atoms with Crippen LogP contribution in [0.2, 0.25) is 5.02 Å². The van der Waals surface area contributed by atoms with Crippen LogP contribution in [-0.2, 0) is 26.2 Å². The van der Waals surface area contributed by atoms with Gasteiger partial charge in [-0.25, -0.2) is 4.98 Å². The molecule has 0 spiro atoms. The summed E-state index contributed by atoms with van der Waals surface area (Å²) < 4.78 is 32.5. The standard InChI is InChI=1S/C36H36ClF2N3O/c1-3-4-20-42-33(34(30-14-9-15-31(37)22-30)40-35(42)29-12-6-5-7-13-29)25-41(24-28-11-8-10-26(2)21-28)23-27-16-18-32(19-17-27)43-36(38)39/h5-19,21-22,36H,3-4,20,23-25H2,1-2H3. The van der Waals surface area contributed by atoms with Crippen LogP contribution in [0.3, 0.4) is 0 Å². The average Bonchev–Trinajstić information content (AvgIpc) is 3.35. The Hall–Kier alpha value is -4.00. The van der Waals surface area contributed by atoms with Crippen LogP contribution >= 0.6 is 11.6 Å². The van der Waals surface area contributed by atoms with Crippen LogP contribution in [0.15, 0.2) is 103 Å². The van der Waals surface area contributed by atoms with Crippen molar-refractivity contribution in [3.8, 4) is 28.4 Å². The fraction of sp³-hybridized carbons (Fsp3) is 0.250. The van der Waals surface area contributed by atoms with Gasteiger partial charge in [-0.05, 0) is 48.7 Å². The molecule has 0 saturated heterocycles. The van der Waals surface area contributed by atoms with Crippen LogP contribution in [-0.4, -0.2) is 21.1 Å². The molecule has 0 aliphatic heterocycles. The highest BCUT2D eigenvalue weighted by molar-refractivity contribution is 6.30. The third-order valence-corrected chi connectivity index (χ3v) is 7.59. The van der Waals surface area contributed by atoms with Gasteiger partial charge in [0.05, 0.1) is 11.4 Å². The van der Waals surface area contributed by atoms with E-state index in [1.165, 1.54) is 11.1 Å². The predicted octanol–water partition coefficient (Wildman–Crippen LogP) is 9.78. The lowest BCUT2D eigenvalue weighted by molar-refractivity contribution is -0.0498. The van der Waals surface area contributed by atoms with Gasteiger partial charge in [-0.15, -0.1) is 0 Å². The smallest absolute Gasteiger partial charge is 0.387 e. The molecule has 222 valence electrons. The van der Waals surface area contributed by atoms with Crippen molar-refractivity contribution in [1.82, 2.24) is 14.5 Å². The van der Waals surface area contributed by atoms with Gasteiger partial charge >= 0.3 is 6.61 Å². The molecule has 0 radical (unpaired) electrons. The highest BCUT2D eigenvalue weighted by atomic mass is 35.5. The van der Waals surface area contributed by atoms with Crippen LogP contribution < -0.4 is 4.74 Å². The second-order valence-corrected chi connectivity index (χ2v) is 11.2. The van der Waals surface area contributed by atoms with Crippen molar-refractivity contribution in [2.24, 2.45) is 0 Å². The number of rotatable bonds is 13. The fourth-order valence-electron chi connectivity index (χ4n) is 5.36. The Morgan fingerprint density at radius 3 is 2.23 bits per heavy atom. The van der Waals surface area contributed by atoms with Crippen LogP contribution in [0, 0.1) is 6.92 Å².